The molecular formula is C14H21N. The molecular weight excluding hydrogens is 182 g/mol. The van der Waals surface area contributed by atoms with Crippen LogP contribution in [0.15, 0.2) is 18.2 Å². The number of nitrogens with two attached hydrogens (primary N) is 1. The maximum atomic E-state index is 5.97. The fourth-order valence-corrected chi connectivity index (χ4v) is 2.70. The van der Waals surface area contributed by atoms with Gasteiger partial charge in [0.2, 0.25) is 0 Å². The third kappa shape index (κ3) is 2.17. The van der Waals surface area contributed by atoms with E-state index >= 15 is 0 Å². The first kappa shape index (κ1) is 10.5. The molecule has 2 rings (SSSR count). The lowest BCUT2D eigenvalue weighted by Gasteiger charge is -2.29. The second kappa shape index (κ2) is 4.26. The Balaban J connectivity index is 2.24. The summed E-state index contributed by atoms with van der Waals surface area (Å²) in [6.07, 6.45) is 5.49. The molecule has 0 unspecified atom stereocenters. The van der Waals surface area contributed by atoms with Gasteiger partial charge in [-0.05, 0) is 42.4 Å². The standard InChI is InChI=1S/C14H21N/c1-10-5-3-4-6-13(10)12-8-7-11(2)14(15)9-12/h7-10,13H,3-6,15H2,1-2H3/t10-,13-/m1/s1. The van der Waals surface area contributed by atoms with E-state index in [1.165, 1.54) is 36.8 Å². The Labute approximate surface area is 92.7 Å². The van der Waals surface area contributed by atoms with E-state index in [1.807, 2.05) is 0 Å². The zero-order chi connectivity index (χ0) is 10.8. The highest BCUT2D eigenvalue weighted by molar-refractivity contribution is 5.49. The van der Waals surface area contributed by atoms with Crippen molar-refractivity contribution in [2.45, 2.75) is 45.4 Å². The zero-order valence-electron chi connectivity index (χ0n) is 9.79. The SMILES string of the molecule is Cc1ccc([C@@H]2CCCC[C@H]2C)cc1N. The first-order chi connectivity index (χ1) is 7.18. The van der Waals surface area contributed by atoms with Crippen molar-refractivity contribution in [1.82, 2.24) is 0 Å². The van der Waals surface area contributed by atoms with Crippen molar-refractivity contribution in [2.75, 3.05) is 5.73 Å². The minimum atomic E-state index is 0.738. The van der Waals surface area contributed by atoms with E-state index < -0.39 is 0 Å². The lowest BCUT2D eigenvalue weighted by molar-refractivity contribution is 0.330. The van der Waals surface area contributed by atoms with Crippen LogP contribution in [-0.2, 0) is 0 Å². The molecule has 15 heavy (non-hydrogen) atoms. The molecule has 0 saturated heterocycles. The smallest absolute Gasteiger partial charge is 0.0346 e. The summed E-state index contributed by atoms with van der Waals surface area (Å²) in [5.41, 5.74) is 9.57. The molecule has 0 aromatic heterocycles. The Kier molecular flexibility index (Phi) is 2.99. The normalized spacial score (nSPS) is 26.5. The molecule has 0 radical (unpaired) electrons. The van der Waals surface area contributed by atoms with E-state index in [1.54, 1.807) is 0 Å². The van der Waals surface area contributed by atoms with Gasteiger partial charge in [0.1, 0.15) is 0 Å². The van der Waals surface area contributed by atoms with Crippen molar-refractivity contribution in [3.05, 3.63) is 29.3 Å². The average molecular weight is 203 g/mol. The van der Waals surface area contributed by atoms with Gasteiger partial charge in [0.25, 0.3) is 0 Å². The van der Waals surface area contributed by atoms with Gasteiger partial charge in [-0.3, -0.25) is 0 Å². The second-order valence-electron chi connectivity index (χ2n) is 4.98. The van der Waals surface area contributed by atoms with Crippen LogP contribution in [0.2, 0.25) is 0 Å². The third-order valence-corrected chi connectivity index (χ3v) is 3.84. The molecule has 1 aliphatic carbocycles. The van der Waals surface area contributed by atoms with Crippen molar-refractivity contribution in [2.24, 2.45) is 5.92 Å². The molecule has 1 aromatic carbocycles. The van der Waals surface area contributed by atoms with Gasteiger partial charge in [-0.1, -0.05) is 38.3 Å². The van der Waals surface area contributed by atoms with Crippen LogP contribution in [0.1, 0.15) is 49.7 Å². The molecule has 1 nitrogen and oxygen atoms in total. The van der Waals surface area contributed by atoms with E-state index in [0.717, 1.165) is 17.5 Å². The molecule has 1 heteroatoms. The maximum Gasteiger partial charge on any atom is 0.0346 e. The van der Waals surface area contributed by atoms with Gasteiger partial charge in [0.15, 0.2) is 0 Å². The van der Waals surface area contributed by atoms with E-state index in [9.17, 15) is 0 Å². The minimum Gasteiger partial charge on any atom is -0.399 e. The van der Waals surface area contributed by atoms with Crippen molar-refractivity contribution in [3.63, 3.8) is 0 Å². The first-order valence-electron chi connectivity index (χ1n) is 6.04. The number of hydrogen-bond donors (Lipinski definition) is 1. The Hall–Kier alpha value is -0.980. The summed E-state index contributed by atoms with van der Waals surface area (Å²) in [6.45, 7) is 4.45. The Morgan fingerprint density at radius 1 is 1.20 bits per heavy atom. The summed E-state index contributed by atoms with van der Waals surface area (Å²) in [4.78, 5) is 0. The molecule has 2 N–H and O–H groups in total. The fourth-order valence-electron chi connectivity index (χ4n) is 2.70. The largest absolute Gasteiger partial charge is 0.399 e. The number of anilines is 1. The van der Waals surface area contributed by atoms with Crippen molar-refractivity contribution in [3.8, 4) is 0 Å². The van der Waals surface area contributed by atoms with E-state index in [-0.39, 0.29) is 0 Å². The molecule has 0 bridgehead atoms. The molecule has 0 heterocycles. The highest BCUT2D eigenvalue weighted by Gasteiger charge is 2.22. The molecule has 2 atom stereocenters. The lowest BCUT2D eigenvalue weighted by atomic mass is 9.76. The van der Waals surface area contributed by atoms with Gasteiger partial charge < -0.3 is 5.73 Å². The van der Waals surface area contributed by atoms with Crippen LogP contribution in [-0.4, -0.2) is 0 Å². The van der Waals surface area contributed by atoms with Crippen LogP contribution in [0.4, 0.5) is 5.69 Å². The predicted octanol–water partition coefficient (Wildman–Crippen LogP) is 3.87. The summed E-state index contributed by atoms with van der Waals surface area (Å²) in [5.74, 6) is 1.56. The van der Waals surface area contributed by atoms with Crippen LogP contribution < -0.4 is 5.73 Å². The van der Waals surface area contributed by atoms with E-state index in [4.69, 9.17) is 5.73 Å². The maximum absolute atomic E-state index is 5.97. The fraction of sp³-hybridized carbons (Fsp3) is 0.571. The number of benzene rings is 1. The molecule has 1 saturated carbocycles. The molecule has 1 fully saturated rings. The minimum absolute atomic E-state index is 0.738. The Morgan fingerprint density at radius 2 is 1.93 bits per heavy atom. The van der Waals surface area contributed by atoms with Gasteiger partial charge in [-0.15, -0.1) is 0 Å². The molecule has 0 amide bonds. The summed E-state index contributed by atoms with van der Waals surface area (Å²) in [7, 11) is 0. The van der Waals surface area contributed by atoms with Crippen molar-refractivity contribution < 1.29 is 0 Å². The van der Waals surface area contributed by atoms with Gasteiger partial charge in [-0.25, -0.2) is 0 Å². The molecule has 82 valence electrons. The van der Waals surface area contributed by atoms with Crippen molar-refractivity contribution in [1.29, 1.82) is 0 Å². The number of aryl methyl sites for hydroxylation is 1. The highest BCUT2D eigenvalue weighted by Crippen LogP contribution is 2.38. The van der Waals surface area contributed by atoms with Crippen LogP contribution in [0.25, 0.3) is 0 Å². The van der Waals surface area contributed by atoms with Gasteiger partial charge in [0.05, 0.1) is 0 Å². The summed E-state index contributed by atoms with van der Waals surface area (Å²) in [6, 6.07) is 6.60. The van der Waals surface area contributed by atoms with Crippen LogP contribution in [0.3, 0.4) is 0 Å². The highest BCUT2D eigenvalue weighted by atomic mass is 14.6. The summed E-state index contributed by atoms with van der Waals surface area (Å²) in [5, 5.41) is 0. The Morgan fingerprint density at radius 3 is 2.60 bits per heavy atom. The quantitative estimate of drug-likeness (QED) is 0.689. The molecule has 1 aliphatic rings. The van der Waals surface area contributed by atoms with Gasteiger partial charge in [0, 0.05) is 5.69 Å². The van der Waals surface area contributed by atoms with E-state index in [0.29, 0.717) is 0 Å². The van der Waals surface area contributed by atoms with Crippen LogP contribution in [0, 0.1) is 12.8 Å². The summed E-state index contributed by atoms with van der Waals surface area (Å²) >= 11 is 0. The summed E-state index contributed by atoms with van der Waals surface area (Å²) < 4.78 is 0. The molecule has 0 spiro atoms. The van der Waals surface area contributed by atoms with Crippen molar-refractivity contribution >= 4 is 5.69 Å². The third-order valence-electron chi connectivity index (χ3n) is 3.84. The first-order valence-corrected chi connectivity index (χ1v) is 6.04. The molecule has 0 aliphatic heterocycles. The van der Waals surface area contributed by atoms with E-state index in [2.05, 4.69) is 32.0 Å². The average Bonchev–Trinajstić information content (AvgIpc) is 2.23. The second-order valence-corrected chi connectivity index (χ2v) is 4.98. The van der Waals surface area contributed by atoms with Gasteiger partial charge >= 0.3 is 0 Å². The zero-order valence-corrected chi connectivity index (χ0v) is 9.79. The number of rotatable bonds is 1. The Bertz CT molecular complexity index is 343. The van der Waals surface area contributed by atoms with Crippen LogP contribution in [0.5, 0.6) is 0 Å². The number of hydrogen-bond acceptors (Lipinski definition) is 1. The number of nitrogen functional groups attached to an aromatic ring is 1. The lowest BCUT2D eigenvalue weighted by Crippen LogP contribution is -2.15. The predicted molar refractivity (Wildman–Crippen MR) is 66.0 cm³/mol. The molecule has 1 aromatic rings. The topological polar surface area (TPSA) is 26.0 Å². The monoisotopic (exact) mass is 203 g/mol. The van der Waals surface area contributed by atoms with Gasteiger partial charge in [-0.2, -0.15) is 0 Å². The van der Waals surface area contributed by atoms with Crippen LogP contribution >= 0.6 is 0 Å².